The van der Waals surface area contributed by atoms with Gasteiger partial charge in [0, 0.05) is 19.3 Å². The molecule has 3 nitrogen and oxygen atoms in total. The Hall–Kier alpha value is -1.06. The van der Waals surface area contributed by atoms with Gasteiger partial charge in [-0.1, -0.05) is 30.3 Å². The lowest BCUT2D eigenvalue weighted by Crippen LogP contribution is -2.38. The maximum atomic E-state index is 12.0. The first-order valence-corrected chi connectivity index (χ1v) is 7.16. The summed E-state index contributed by atoms with van der Waals surface area (Å²) < 4.78 is 0. The number of unbranched alkanes of at least 4 members (excludes halogenated alkanes) is 1. The average Bonchev–Trinajstić information content (AvgIpc) is 2.46. The minimum Gasteiger partial charge on any atom is -0.386 e. The summed E-state index contributed by atoms with van der Waals surface area (Å²) in [5.41, 5.74) is 0.829. The summed E-state index contributed by atoms with van der Waals surface area (Å²) in [6.45, 7) is 1.86. The van der Waals surface area contributed by atoms with Crippen LogP contribution in [0.15, 0.2) is 30.3 Å². The van der Waals surface area contributed by atoms with Gasteiger partial charge in [-0.15, -0.1) is 11.6 Å². The number of nitrogens with zero attached hydrogens (tertiary/aromatic N) is 1. The third-order valence-electron chi connectivity index (χ3n) is 3.38. The summed E-state index contributed by atoms with van der Waals surface area (Å²) in [4.78, 5) is 13.6. The number of benzene rings is 1. The van der Waals surface area contributed by atoms with E-state index in [1.54, 1.807) is 11.9 Å². The number of hydrogen-bond acceptors (Lipinski definition) is 2. The smallest absolute Gasteiger partial charge is 0.222 e. The molecule has 1 amide bonds. The normalized spacial score (nSPS) is 13.9. The Labute approximate surface area is 120 Å². The molecule has 0 aromatic heterocycles. The Morgan fingerprint density at radius 1 is 1.32 bits per heavy atom. The van der Waals surface area contributed by atoms with E-state index in [1.165, 1.54) is 0 Å². The highest BCUT2D eigenvalue weighted by Crippen LogP contribution is 2.20. The van der Waals surface area contributed by atoms with Crippen molar-refractivity contribution in [2.75, 3.05) is 12.9 Å². The highest BCUT2D eigenvalue weighted by molar-refractivity contribution is 6.17. The number of carbonyl (C=O) groups is 1. The molecule has 19 heavy (non-hydrogen) atoms. The standard InChI is InChI=1S/C15H22ClNO2/c1-12(15(19)13-8-4-3-5-9-13)17(2)14(18)10-6-7-11-16/h3-5,8-9,12,15,19H,6-7,10-11H2,1-2H3/t12?,15-/m1/s1. The molecule has 0 aliphatic heterocycles. The van der Waals surface area contributed by atoms with Gasteiger partial charge in [-0.25, -0.2) is 0 Å². The molecule has 1 aromatic carbocycles. The van der Waals surface area contributed by atoms with Gasteiger partial charge in [0.1, 0.15) is 0 Å². The molecular weight excluding hydrogens is 262 g/mol. The number of halogens is 1. The van der Waals surface area contributed by atoms with E-state index in [1.807, 2.05) is 37.3 Å². The van der Waals surface area contributed by atoms with Crippen LogP contribution in [0.3, 0.4) is 0 Å². The molecule has 0 saturated heterocycles. The van der Waals surface area contributed by atoms with E-state index >= 15 is 0 Å². The summed E-state index contributed by atoms with van der Waals surface area (Å²) in [6.07, 6.45) is 1.45. The second-order valence-corrected chi connectivity index (χ2v) is 5.12. The molecular formula is C15H22ClNO2. The molecule has 106 valence electrons. The van der Waals surface area contributed by atoms with Crippen molar-refractivity contribution < 1.29 is 9.90 Å². The van der Waals surface area contributed by atoms with Gasteiger partial charge in [-0.05, 0) is 25.3 Å². The van der Waals surface area contributed by atoms with Crippen molar-refractivity contribution in [1.29, 1.82) is 0 Å². The summed E-state index contributed by atoms with van der Waals surface area (Å²) in [7, 11) is 1.74. The van der Waals surface area contributed by atoms with E-state index in [2.05, 4.69) is 0 Å². The van der Waals surface area contributed by atoms with E-state index in [9.17, 15) is 9.90 Å². The first-order valence-electron chi connectivity index (χ1n) is 6.62. The van der Waals surface area contributed by atoms with Gasteiger partial charge in [0.2, 0.25) is 5.91 Å². The average molecular weight is 284 g/mol. The van der Waals surface area contributed by atoms with Crippen molar-refractivity contribution in [3.8, 4) is 0 Å². The zero-order valence-corrected chi connectivity index (χ0v) is 12.3. The molecule has 1 N–H and O–H groups in total. The van der Waals surface area contributed by atoms with Crippen molar-refractivity contribution in [3.63, 3.8) is 0 Å². The van der Waals surface area contributed by atoms with Crippen LogP contribution in [-0.4, -0.2) is 34.9 Å². The quantitative estimate of drug-likeness (QED) is 0.617. The predicted octanol–water partition coefficient (Wildman–Crippen LogP) is 2.98. The van der Waals surface area contributed by atoms with Crippen molar-refractivity contribution in [2.45, 2.75) is 38.3 Å². The van der Waals surface area contributed by atoms with Gasteiger partial charge < -0.3 is 10.0 Å². The second kappa shape index (κ2) is 8.18. The zero-order valence-electron chi connectivity index (χ0n) is 11.6. The molecule has 1 unspecified atom stereocenters. The molecule has 2 atom stereocenters. The van der Waals surface area contributed by atoms with Crippen LogP contribution in [0.25, 0.3) is 0 Å². The van der Waals surface area contributed by atoms with Crippen LogP contribution < -0.4 is 0 Å². The van der Waals surface area contributed by atoms with E-state index in [0.29, 0.717) is 12.3 Å². The number of carbonyl (C=O) groups excluding carboxylic acids is 1. The number of aliphatic hydroxyl groups is 1. The monoisotopic (exact) mass is 283 g/mol. The maximum absolute atomic E-state index is 12.0. The van der Waals surface area contributed by atoms with Crippen LogP contribution in [0.1, 0.15) is 37.9 Å². The molecule has 0 heterocycles. The van der Waals surface area contributed by atoms with Crippen molar-refractivity contribution in [1.82, 2.24) is 4.90 Å². The molecule has 0 radical (unpaired) electrons. The van der Waals surface area contributed by atoms with E-state index in [4.69, 9.17) is 11.6 Å². The Morgan fingerprint density at radius 3 is 2.53 bits per heavy atom. The lowest BCUT2D eigenvalue weighted by atomic mass is 10.0. The molecule has 0 aliphatic rings. The van der Waals surface area contributed by atoms with Crippen molar-refractivity contribution >= 4 is 17.5 Å². The molecule has 0 spiro atoms. The van der Waals surface area contributed by atoms with Crippen molar-refractivity contribution in [3.05, 3.63) is 35.9 Å². The number of amides is 1. The fraction of sp³-hybridized carbons (Fsp3) is 0.533. The highest BCUT2D eigenvalue weighted by Gasteiger charge is 2.23. The molecule has 1 aromatic rings. The number of alkyl halides is 1. The molecule has 4 heteroatoms. The number of likely N-dealkylation sites (N-methyl/N-ethyl adjacent to an activating group) is 1. The van der Waals surface area contributed by atoms with Crippen molar-refractivity contribution in [2.24, 2.45) is 0 Å². The van der Waals surface area contributed by atoms with Crippen LogP contribution >= 0.6 is 11.6 Å². The Kier molecular flexibility index (Phi) is 6.89. The van der Waals surface area contributed by atoms with Gasteiger partial charge in [-0.3, -0.25) is 4.79 Å². The Bertz CT molecular complexity index is 383. The third-order valence-corrected chi connectivity index (χ3v) is 3.64. The molecule has 0 aliphatic carbocycles. The van der Waals surface area contributed by atoms with E-state index in [0.717, 1.165) is 18.4 Å². The maximum Gasteiger partial charge on any atom is 0.222 e. The topological polar surface area (TPSA) is 40.5 Å². The highest BCUT2D eigenvalue weighted by atomic mass is 35.5. The predicted molar refractivity (Wildman–Crippen MR) is 78.2 cm³/mol. The minimum absolute atomic E-state index is 0.0487. The van der Waals surface area contributed by atoms with Gasteiger partial charge in [0.15, 0.2) is 0 Å². The molecule has 1 rings (SSSR count). The fourth-order valence-corrected chi connectivity index (χ4v) is 2.10. The Balaban J connectivity index is 2.56. The first kappa shape index (κ1) is 16.0. The number of aliphatic hydroxyl groups excluding tert-OH is 1. The molecule has 0 bridgehead atoms. The van der Waals surface area contributed by atoms with Gasteiger partial charge >= 0.3 is 0 Å². The summed E-state index contributed by atoms with van der Waals surface area (Å²) in [5, 5.41) is 10.3. The van der Waals surface area contributed by atoms with Crippen LogP contribution in [-0.2, 0) is 4.79 Å². The summed E-state index contributed by atoms with van der Waals surface area (Å²) in [6, 6.07) is 9.16. The zero-order chi connectivity index (χ0) is 14.3. The van der Waals surface area contributed by atoms with Crippen LogP contribution in [0.2, 0.25) is 0 Å². The van der Waals surface area contributed by atoms with Crippen LogP contribution in [0, 0.1) is 0 Å². The summed E-state index contributed by atoms with van der Waals surface area (Å²) >= 11 is 5.59. The van der Waals surface area contributed by atoms with Crippen LogP contribution in [0.5, 0.6) is 0 Å². The molecule has 0 fully saturated rings. The first-order chi connectivity index (χ1) is 9.07. The summed E-state index contributed by atoms with van der Waals surface area (Å²) in [5.74, 6) is 0.631. The lowest BCUT2D eigenvalue weighted by Gasteiger charge is -2.29. The number of rotatable bonds is 7. The SMILES string of the molecule is CC([C@@H](O)c1ccccc1)N(C)C(=O)CCCCCl. The largest absolute Gasteiger partial charge is 0.386 e. The Morgan fingerprint density at radius 2 is 1.95 bits per heavy atom. The number of hydrogen-bond donors (Lipinski definition) is 1. The van der Waals surface area contributed by atoms with Gasteiger partial charge in [-0.2, -0.15) is 0 Å². The molecule has 0 saturated carbocycles. The van der Waals surface area contributed by atoms with E-state index in [-0.39, 0.29) is 11.9 Å². The second-order valence-electron chi connectivity index (χ2n) is 4.75. The van der Waals surface area contributed by atoms with Gasteiger partial charge in [0.25, 0.3) is 0 Å². The van der Waals surface area contributed by atoms with E-state index < -0.39 is 6.10 Å². The van der Waals surface area contributed by atoms with Crippen LogP contribution in [0.4, 0.5) is 0 Å². The van der Waals surface area contributed by atoms with Gasteiger partial charge in [0.05, 0.1) is 12.1 Å². The lowest BCUT2D eigenvalue weighted by molar-refractivity contribution is -0.134. The third kappa shape index (κ3) is 4.84. The minimum atomic E-state index is -0.664. The fourth-order valence-electron chi connectivity index (χ4n) is 1.91.